The second-order valence-corrected chi connectivity index (χ2v) is 6.18. The summed E-state index contributed by atoms with van der Waals surface area (Å²) in [5, 5.41) is 12.4. The smallest absolute Gasteiger partial charge is 0.147 e. The summed E-state index contributed by atoms with van der Waals surface area (Å²) in [6, 6.07) is 6.80. The molecule has 1 aliphatic heterocycles. The van der Waals surface area contributed by atoms with E-state index in [-0.39, 0.29) is 0 Å². The van der Waals surface area contributed by atoms with Crippen LogP contribution in [0.1, 0.15) is 48.1 Å². The van der Waals surface area contributed by atoms with Gasteiger partial charge in [0.05, 0.1) is 13.7 Å². The van der Waals surface area contributed by atoms with Crippen LogP contribution in [0.3, 0.4) is 0 Å². The van der Waals surface area contributed by atoms with Crippen molar-refractivity contribution in [2.24, 2.45) is 0 Å². The zero-order valence-corrected chi connectivity index (χ0v) is 13.0. The Balaban J connectivity index is 1.49. The minimum absolute atomic E-state index is 0.390. The van der Waals surface area contributed by atoms with Crippen LogP contribution in [0.15, 0.2) is 18.2 Å². The van der Waals surface area contributed by atoms with Gasteiger partial charge < -0.3 is 14.6 Å². The molecule has 1 atom stereocenters. The van der Waals surface area contributed by atoms with Crippen molar-refractivity contribution in [1.29, 1.82) is 0 Å². The van der Waals surface area contributed by atoms with Gasteiger partial charge in [0.1, 0.15) is 17.4 Å². The third-order valence-corrected chi connectivity index (χ3v) is 4.87. The van der Waals surface area contributed by atoms with E-state index in [1.165, 1.54) is 24.0 Å². The second-order valence-electron chi connectivity index (χ2n) is 6.18. The molecule has 0 saturated carbocycles. The number of nitrogens with zero attached hydrogens (tertiary/aromatic N) is 3. The molecule has 1 unspecified atom stereocenters. The van der Waals surface area contributed by atoms with Crippen molar-refractivity contribution in [3.8, 4) is 5.75 Å². The average molecular weight is 298 g/mol. The summed E-state index contributed by atoms with van der Waals surface area (Å²) < 4.78 is 7.65. The number of aryl methyl sites for hydroxylation is 2. The Labute approximate surface area is 130 Å². The number of hydrogen-bond donors (Lipinski definition) is 1. The Hall–Kier alpha value is -1.88. The van der Waals surface area contributed by atoms with Gasteiger partial charge >= 0.3 is 0 Å². The fraction of sp³-hybridized carbons (Fsp3) is 0.529. The van der Waals surface area contributed by atoms with E-state index in [1.54, 1.807) is 7.11 Å². The SMILES string of the molecule is COc1ccc2c(c1)C(NCc1nnc3n1CCCC3)CC2. The molecule has 2 aromatic rings. The minimum Gasteiger partial charge on any atom is -0.497 e. The van der Waals surface area contributed by atoms with Crippen molar-refractivity contribution in [1.82, 2.24) is 20.1 Å². The number of benzene rings is 1. The van der Waals surface area contributed by atoms with E-state index in [2.05, 4.69) is 38.3 Å². The maximum absolute atomic E-state index is 5.36. The van der Waals surface area contributed by atoms with Crippen LogP contribution < -0.4 is 10.1 Å². The molecule has 0 amide bonds. The van der Waals surface area contributed by atoms with Gasteiger partial charge in [-0.05, 0) is 48.9 Å². The van der Waals surface area contributed by atoms with Gasteiger partial charge in [-0.25, -0.2) is 0 Å². The first-order valence-electron chi connectivity index (χ1n) is 8.16. The van der Waals surface area contributed by atoms with Gasteiger partial charge in [0.25, 0.3) is 0 Å². The molecular formula is C17H22N4O. The molecule has 2 heterocycles. The topological polar surface area (TPSA) is 52.0 Å². The number of nitrogens with one attached hydrogen (secondary N) is 1. The lowest BCUT2D eigenvalue weighted by atomic mass is 10.1. The highest BCUT2D eigenvalue weighted by Crippen LogP contribution is 2.33. The Kier molecular flexibility index (Phi) is 3.58. The summed E-state index contributed by atoms with van der Waals surface area (Å²) in [7, 11) is 1.72. The molecule has 2 aliphatic rings. The highest BCUT2D eigenvalue weighted by molar-refractivity contribution is 5.40. The van der Waals surface area contributed by atoms with Crippen molar-refractivity contribution in [3.05, 3.63) is 41.0 Å². The van der Waals surface area contributed by atoms with E-state index in [4.69, 9.17) is 4.74 Å². The Morgan fingerprint density at radius 1 is 1.27 bits per heavy atom. The minimum atomic E-state index is 0.390. The van der Waals surface area contributed by atoms with Crippen molar-refractivity contribution >= 4 is 0 Å². The van der Waals surface area contributed by atoms with Gasteiger partial charge in [-0.3, -0.25) is 0 Å². The predicted molar refractivity (Wildman–Crippen MR) is 83.9 cm³/mol. The van der Waals surface area contributed by atoms with Crippen LogP contribution in [0.2, 0.25) is 0 Å². The van der Waals surface area contributed by atoms with Gasteiger partial charge in [-0.1, -0.05) is 6.07 Å². The van der Waals surface area contributed by atoms with Crippen molar-refractivity contribution < 1.29 is 4.74 Å². The van der Waals surface area contributed by atoms with Gasteiger partial charge in [0.15, 0.2) is 0 Å². The van der Waals surface area contributed by atoms with Crippen molar-refractivity contribution in [2.75, 3.05) is 7.11 Å². The first-order valence-corrected chi connectivity index (χ1v) is 8.16. The quantitative estimate of drug-likeness (QED) is 0.941. The van der Waals surface area contributed by atoms with Gasteiger partial charge in [-0.2, -0.15) is 0 Å². The first-order chi connectivity index (χ1) is 10.8. The Morgan fingerprint density at radius 2 is 2.23 bits per heavy atom. The molecule has 0 fully saturated rings. The molecule has 1 aromatic heterocycles. The number of fused-ring (bicyclic) bond motifs is 2. The highest BCUT2D eigenvalue weighted by Gasteiger charge is 2.23. The molecule has 1 aliphatic carbocycles. The standard InChI is InChI=1S/C17H22N4O/c1-22-13-7-5-12-6-8-15(14(12)10-13)18-11-17-20-19-16-4-2-3-9-21(16)17/h5,7,10,15,18H,2-4,6,8-9,11H2,1H3. The normalized spacial score (nSPS) is 19.8. The van der Waals surface area contributed by atoms with E-state index < -0.39 is 0 Å². The monoisotopic (exact) mass is 298 g/mol. The molecule has 22 heavy (non-hydrogen) atoms. The van der Waals surface area contributed by atoms with E-state index in [0.717, 1.165) is 49.8 Å². The van der Waals surface area contributed by atoms with Crippen LogP contribution >= 0.6 is 0 Å². The molecule has 116 valence electrons. The molecule has 0 saturated heterocycles. The van der Waals surface area contributed by atoms with E-state index in [9.17, 15) is 0 Å². The summed E-state index contributed by atoms with van der Waals surface area (Å²) in [5.74, 6) is 3.16. The van der Waals surface area contributed by atoms with Crippen LogP contribution in [0, 0.1) is 0 Å². The Bertz CT molecular complexity index is 679. The summed E-state index contributed by atoms with van der Waals surface area (Å²) in [6.45, 7) is 1.85. The summed E-state index contributed by atoms with van der Waals surface area (Å²) >= 11 is 0. The van der Waals surface area contributed by atoms with Crippen LogP contribution in [0.4, 0.5) is 0 Å². The molecule has 0 bridgehead atoms. The zero-order chi connectivity index (χ0) is 14.9. The van der Waals surface area contributed by atoms with E-state index in [1.807, 2.05) is 0 Å². The third kappa shape index (κ3) is 2.39. The van der Waals surface area contributed by atoms with Crippen LogP contribution in [0.25, 0.3) is 0 Å². The van der Waals surface area contributed by atoms with Crippen molar-refractivity contribution in [2.45, 2.75) is 51.2 Å². The molecular weight excluding hydrogens is 276 g/mol. The average Bonchev–Trinajstić information content (AvgIpc) is 3.16. The number of rotatable bonds is 4. The molecule has 4 rings (SSSR count). The second kappa shape index (κ2) is 5.72. The molecule has 0 spiro atoms. The molecule has 5 heteroatoms. The lowest BCUT2D eigenvalue weighted by Crippen LogP contribution is -2.22. The fourth-order valence-corrected chi connectivity index (χ4v) is 3.63. The summed E-state index contributed by atoms with van der Waals surface area (Å²) in [6.07, 6.45) is 5.82. The van der Waals surface area contributed by atoms with Gasteiger partial charge in [-0.15, -0.1) is 10.2 Å². The lowest BCUT2D eigenvalue weighted by Gasteiger charge is -2.17. The van der Waals surface area contributed by atoms with Crippen LogP contribution in [-0.4, -0.2) is 21.9 Å². The van der Waals surface area contributed by atoms with Crippen LogP contribution in [0.5, 0.6) is 5.75 Å². The van der Waals surface area contributed by atoms with Crippen molar-refractivity contribution in [3.63, 3.8) is 0 Å². The number of ether oxygens (including phenoxy) is 1. The van der Waals surface area contributed by atoms with E-state index in [0.29, 0.717) is 6.04 Å². The maximum atomic E-state index is 5.36. The maximum Gasteiger partial charge on any atom is 0.147 e. The summed E-state index contributed by atoms with van der Waals surface area (Å²) in [5.41, 5.74) is 2.80. The highest BCUT2D eigenvalue weighted by atomic mass is 16.5. The molecule has 1 aromatic carbocycles. The largest absolute Gasteiger partial charge is 0.497 e. The predicted octanol–water partition coefficient (Wildman–Crippen LogP) is 2.40. The summed E-state index contributed by atoms with van der Waals surface area (Å²) in [4.78, 5) is 0. The van der Waals surface area contributed by atoms with Crippen LogP contribution in [-0.2, 0) is 25.9 Å². The lowest BCUT2D eigenvalue weighted by molar-refractivity contribution is 0.413. The molecule has 5 nitrogen and oxygen atoms in total. The fourth-order valence-electron chi connectivity index (χ4n) is 3.63. The number of aromatic nitrogens is 3. The van der Waals surface area contributed by atoms with E-state index >= 15 is 0 Å². The first kappa shape index (κ1) is 13.8. The number of hydrogen-bond acceptors (Lipinski definition) is 4. The number of methoxy groups -OCH3 is 1. The molecule has 1 N–H and O–H groups in total. The van der Waals surface area contributed by atoms with Gasteiger partial charge in [0.2, 0.25) is 0 Å². The zero-order valence-electron chi connectivity index (χ0n) is 13.0. The molecule has 0 radical (unpaired) electrons. The van der Waals surface area contributed by atoms with Gasteiger partial charge in [0, 0.05) is 19.0 Å². The Morgan fingerprint density at radius 3 is 3.14 bits per heavy atom. The third-order valence-electron chi connectivity index (χ3n) is 4.87.